The van der Waals surface area contributed by atoms with E-state index in [0.29, 0.717) is 11.3 Å². The van der Waals surface area contributed by atoms with E-state index in [0.717, 1.165) is 6.07 Å². The molecule has 2 aromatic rings. The zero-order valence-electron chi connectivity index (χ0n) is 8.58. The van der Waals surface area contributed by atoms with E-state index in [-0.39, 0.29) is 11.6 Å². The maximum Gasteiger partial charge on any atom is 0.216 e. The number of nitrogens with zero attached hydrogens (tertiary/aromatic N) is 1. The first-order valence-electron chi connectivity index (χ1n) is 4.71. The van der Waals surface area contributed by atoms with Crippen molar-refractivity contribution in [2.24, 2.45) is 0 Å². The van der Waals surface area contributed by atoms with Crippen molar-refractivity contribution in [2.75, 3.05) is 0 Å². The minimum absolute atomic E-state index is 0.288. The SMILES string of the molecule is Cc1ccc(Oc2ccnc(F)c2)cc1F. The lowest BCUT2D eigenvalue weighted by Crippen LogP contribution is -1.89. The van der Waals surface area contributed by atoms with Crippen LogP contribution in [-0.2, 0) is 0 Å². The molecule has 2 rings (SSSR count). The van der Waals surface area contributed by atoms with Gasteiger partial charge in [0.05, 0.1) is 0 Å². The number of rotatable bonds is 2. The molecule has 0 N–H and O–H groups in total. The van der Waals surface area contributed by atoms with Crippen LogP contribution in [0.3, 0.4) is 0 Å². The minimum Gasteiger partial charge on any atom is -0.457 e. The second-order valence-electron chi connectivity index (χ2n) is 3.33. The molecule has 2 nitrogen and oxygen atoms in total. The third kappa shape index (κ3) is 2.34. The smallest absolute Gasteiger partial charge is 0.216 e. The summed E-state index contributed by atoms with van der Waals surface area (Å²) >= 11 is 0. The van der Waals surface area contributed by atoms with Gasteiger partial charge in [-0.2, -0.15) is 4.39 Å². The largest absolute Gasteiger partial charge is 0.457 e. The van der Waals surface area contributed by atoms with Gasteiger partial charge in [-0.25, -0.2) is 9.37 Å². The van der Waals surface area contributed by atoms with E-state index in [1.807, 2.05) is 0 Å². The number of halogens is 2. The monoisotopic (exact) mass is 221 g/mol. The third-order valence-electron chi connectivity index (χ3n) is 2.08. The molecule has 82 valence electrons. The normalized spacial score (nSPS) is 10.2. The number of hydrogen-bond donors (Lipinski definition) is 0. The highest BCUT2D eigenvalue weighted by molar-refractivity contribution is 5.32. The second kappa shape index (κ2) is 4.26. The summed E-state index contributed by atoms with van der Waals surface area (Å²) in [5.74, 6) is -0.374. The van der Waals surface area contributed by atoms with Crippen LogP contribution in [0.4, 0.5) is 8.78 Å². The zero-order valence-corrected chi connectivity index (χ0v) is 8.58. The van der Waals surface area contributed by atoms with Crippen molar-refractivity contribution in [3.8, 4) is 11.5 Å². The molecule has 0 spiro atoms. The van der Waals surface area contributed by atoms with Crippen molar-refractivity contribution in [2.45, 2.75) is 6.92 Å². The highest BCUT2D eigenvalue weighted by Crippen LogP contribution is 2.23. The van der Waals surface area contributed by atoms with Gasteiger partial charge in [0.25, 0.3) is 0 Å². The Labute approximate surface area is 91.5 Å². The van der Waals surface area contributed by atoms with Crippen molar-refractivity contribution >= 4 is 0 Å². The van der Waals surface area contributed by atoms with Gasteiger partial charge in [-0.3, -0.25) is 0 Å². The predicted molar refractivity (Wildman–Crippen MR) is 55.4 cm³/mol. The fourth-order valence-electron chi connectivity index (χ4n) is 1.22. The van der Waals surface area contributed by atoms with Crippen LogP contribution in [0.1, 0.15) is 5.56 Å². The van der Waals surface area contributed by atoms with Crippen LogP contribution in [0.2, 0.25) is 0 Å². The Kier molecular flexibility index (Phi) is 2.81. The number of aromatic nitrogens is 1. The summed E-state index contributed by atoms with van der Waals surface area (Å²) in [5.41, 5.74) is 0.535. The van der Waals surface area contributed by atoms with E-state index >= 15 is 0 Å². The molecule has 1 aromatic heterocycles. The molecule has 0 aliphatic rings. The van der Waals surface area contributed by atoms with Crippen molar-refractivity contribution in [1.29, 1.82) is 0 Å². The van der Waals surface area contributed by atoms with Crippen molar-refractivity contribution < 1.29 is 13.5 Å². The fraction of sp³-hybridized carbons (Fsp3) is 0.0833. The first-order chi connectivity index (χ1) is 7.65. The molecular weight excluding hydrogens is 212 g/mol. The number of benzene rings is 1. The first-order valence-corrected chi connectivity index (χ1v) is 4.71. The molecule has 0 radical (unpaired) electrons. The van der Waals surface area contributed by atoms with Crippen LogP contribution < -0.4 is 4.74 Å². The highest BCUT2D eigenvalue weighted by atomic mass is 19.1. The summed E-state index contributed by atoms with van der Waals surface area (Å²) in [6, 6.07) is 7.12. The molecule has 0 bridgehead atoms. The molecule has 0 saturated carbocycles. The van der Waals surface area contributed by atoms with Crippen LogP contribution in [0.15, 0.2) is 36.5 Å². The van der Waals surface area contributed by atoms with Crippen molar-refractivity contribution in [3.63, 3.8) is 0 Å². The van der Waals surface area contributed by atoms with Gasteiger partial charge in [0.2, 0.25) is 5.95 Å². The summed E-state index contributed by atoms with van der Waals surface area (Å²) in [6.45, 7) is 1.66. The van der Waals surface area contributed by atoms with Gasteiger partial charge in [0.1, 0.15) is 17.3 Å². The Morgan fingerprint density at radius 3 is 2.50 bits per heavy atom. The van der Waals surface area contributed by atoms with Crippen molar-refractivity contribution in [3.05, 3.63) is 53.9 Å². The molecule has 0 aliphatic heterocycles. The van der Waals surface area contributed by atoms with Gasteiger partial charge < -0.3 is 4.74 Å². The van der Waals surface area contributed by atoms with Crippen LogP contribution >= 0.6 is 0 Å². The van der Waals surface area contributed by atoms with Gasteiger partial charge in [0.15, 0.2) is 0 Å². The lowest BCUT2D eigenvalue weighted by atomic mass is 10.2. The molecule has 16 heavy (non-hydrogen) atoms. The van der Waals surface area contributed by atoms with E-state index in [4.69, 9.17) is 4.74 Å². The molecule has 1 aromatic carbocycles. The summed E-state index contributed by atoms with van der Waals surface area (Å²) in [5, 5.41) is 0. The average Bonchev–Trinajstić information content (AvgIpc) is 2.24. The van der Waals surface area contributed by atoms with E-state index in [2.05, 4.69) is 4.98 Å². The van der Waals surface area contributed by atoms with E-state index < -0.39 is 5.95 Å². The molecule has 4 heteroatoms. The molecule has 0 aliphatic carbocycles. The van der Waals surface area contributed by atoms with Gasteiger partial charge >= 0.3 is 0 Å². The topological polar surface area (TPSA) is 22.1 Å². The summed E-state index contributed by atoms with van der Waals surface area (Å²) in [6.07, 6.45) is 1.29. The Bertz CT molecular complexity index is 514. The average molecular weight is 221 g/mol. The van der Waals surface area contributed by atoms with Gasteiger partial charge in [-0.05, 0) is 24.6 Å². The summed E-state index contributed by atoms with van der Waals surface area (Å²) < 4.78 is 31.2. The lowest BCUT2D eigenvalue weighted by molar-refractivity contribution is 0.466. The standard InChI is InChI=1S/C12H9F2NO/c1-8-2-3-9(6-11(8)13)16-10-4-5-15-12(14)7-10/h2-7H,1H3. The van der Waals surface area contributed by atoms with Crippen LogP contribution in [0.5, 0.6) is 11.5 Å². The predicted octanol–water partition coefficient (Wildman–Crippen LogP) is 3.46. The molecule has 1 heterocycles. The molecule has 0 saturated heterocycles. The third-order valence-corrected chi connectivity index (χ3v) is 2.08. The van der Waals surface area contributed by atoms with E-state index in [9.17, 15) is 8.78 Å². The Morgan fingerprint density at radius 1 is 1.06 bits per heavy atom. The minimum atomic E-state index is -0.634. The van der Waals surface area contributed by atoms with E-state index in [1.165, 1.54) is 18.3 Å². The molecule has 0 fully saturated rings. The number of hydrogen-bond acceptors (Lipinski definition) is 2. The number of aryl methyl sites for hydroxylation is 1. The molecule has 0 amide bonds. The second-order valence-corrected chi connectivity index (χ2v) is 3.33. The number of ether oxygens (including phenoxy) is 1. The Morgan fingerprint density at radius 2 is 1.81 bits per heavy atom. The lowest BCUT2D eigenvalue weighted by Gasteiger charge is -2.06. The van der Waals surface area contributed by atoms with Crippen LogP contribution in [0, 0.1) is 18.7 Å². The van der Waals surface area contributed by atoms with Gasteiger partial charge in [-0.1, -0.05) is 6.07 Å². The number of pyridine rings is 1. The fourth-order valence-corrected chi connectivity index (χ4v) is 1.22. The maximum absolute atomic E-state index is 13.2. The first kappa shape index (κ1) is 10.5. The summed E-state index contributed by atoms with van der Waals surface area (Å²) in [7, 11) is 0. The highest BCUT2D eigenvalue weighted by Gasteiger charge is 2.02. The van der Waals surface area contributed by atoms with Crippen molar-refractivity contribution in [1.82, 2.24) is 4.98 Å². The molecular formula is C12H9F2NO. The van der Waals surface area contributed by atoms with Crippen LogP contribution in [-0.4, -0.2) is 4.98 Å². The maximum atomic E-state index is 13.2. The quantitative estimate of drug-likeness (QED) is 0.724. The summed E-state index contributed by atoms with van der Waals surface area (Å²) in [4.78, 5) is 3.39. The Balaban J connectivity index is 2.24. The Hall–Kier alpha value is -1.97. The molecule has 0 atom stereocenters. The van der Waals surface area contributed by atoms with Gasteiger partial charge in [0, 0.05) is 18.3 Å². The zero-order chi connectivity index (χ0) is 11.5. The van der Waals surface area contributed by atoms with Gasteiger partial charge in [-0.15, -0.1) is 0 Å². The van der Waals surface area contributed by atoms with E-state index in [1.54, 1.807) is 19.1 Å². The van der Waals surface area contributed by atoms with Crippen LogP contribution in [0.25, 0.3) is 0 Å². The molecule has 0 unspecified atom stereocenters.